The molecule has 1 heterocycles. The Morgan fingerprint density at radius 3 is 2.61 bits per heavy atom. The summed E-state index contributed by atoms with van der Waals surface area (Å²) in [7, 11) is -1.27. The van der Waals surface area contributed by atoms with Crippen LogP contribution in [0.2, 0.25) is 0 Å². The Balaban J connectivity index is 1.95. The Morgan fingerprint density at radius 2 is 2.04 bits per heavy atom. The van der Waals surface area contributed by atoms with Crippen LogP contribution in [0.15, 0.2) is 24.3 Å². The molecule has 2 rings (SSSR count). The van der Waals surface area contributed by atoms with Crippen LogP contribution >= 0.6 is 0 Å². The molecule has 7 heteroatoms. The van der Waals surface area contributed by atoms with E-state index in [-0.39, 0.29) is 35.8 Å². The highest BCUT2D eigenvalue weighted by Gasteiger charge is 2.33. The molecule has 23 heavy (non-hydrogen) atoms. The van der Waals surface area contributed by atoms with Crippen LogP contribution in [0.1, 0.15) is 18.9 Å². The molecule has 0 spiro atoms. The largest absolute Gasteiger partial charge is 0.338 e. The van der Waals surface area contributed by atoms with Crippen LogP contribution < -0.4 is 0 Å². The third kappa shape index (κ3) is 4.75. The Labute approximate surface area is 137 Å². The van der Waals surface area contributed by atoms with Gasteiger partial charge in [0.2, 0.25) is 5.91 Å². The lowest BCUT2D eigenvalue weighted by atomic mass is 10.2. The third-order valence-corrected chi connectivity index (χ3v) is 5.86. The van der Waals surface area contributed by atoms with E-state index in [9.17, 15) is 17.6 Å². The fraction of sp³-hybridized carbons (Fsp3) is 0.562. The molecule has 0 bridgehead atoms. The van der Waals surface area contributed by atoms with E-state index < -0.39 is 9.84 Å². The van der Waals surface area contributed by atoms with Gasteiger partial charge in [-0.05, 0) is 26.5 Å². The first-order valence-electron chi connectivity index (χ1n) is 7.74. The number of benzene rings is 1. The van der Waals surface area contributed by atoms with Crippen LogP contribution in [0.5, 0.6) is 0 Å². The number of amides is 1. The molecule has 1 amide bonds. The van der Waals surface area contributed by atoms with Gasteiger partial charge in [0.1, 0.15) is 5.82 Å². The summed E-state index contributed by atoms with van der Waals surface area (Å²) in [6.07, 6.45) is 0.499. The van der Waals surface area contributed by atoms with E-state index in [4.69, 9.17) is 0 Å². The first kappa shape index (κ1) is 17.9. The summed E-state index contributed by atoms with van der Waals surface area (Å²) in [4.78, 5) is 15.8. The van der Waals surface area contributed by atoms with Crippen molar-refractivity contribution in [3.05, 3.63) is 35.6 Å². The molecule has 5 nitrogen and oxygen atoms in total. The van der Waals surface area contributed by atoms with Crippen molar-refractivity contribution >= 4 is 15.7 Å². The first-order chi connectivity index (χ1) is 10.8. The summed E-state index contributed by atoms with van der Waals surface area (Å²) >= 11 is 0. The molecule has 0 radical (unpaired) electrons. The number of carbonyl (C=O) groups is 1. The molecule has 0 aliphatic carbocycles. The van der Waals surface area contributed by atoms with Crippen molar-refractivity contribution in [2.45, 2.75) is 25.9 Å². The maximum atomic E-state index is 13.7. The van der Waals surface area contributed by atoms with Gasteiger partial charge in [0.05, 0.1) is 18.1 Å². The van der Waals surface area contributed by atoms with Crippen LogP contribution in [0, 0.1) is 5.82 Å². The monoisotopic (exact) mass is 342 g/mol. The number of halogens is 1. The van der Waals surface area contributed by atoms with E-state index in [0.717, 1.165) is 0 Å². The lowest BCUT2D eigenvalue weighted by Crippen LogP contribution is -2.45. The molecule has 1 aromatic rings. The van der Waals surface area contributed by atoms with Crippen molar-refractivity contribution in [3.8, 4) is 0 Å². The Bertz CT molecular complexity index is 663. The predicted octanol–water partition coefficient (Wildman–Crippen LogP) is 1.29. The number of sulfone groups is 1. The number of carbonyl (C=O) groups excluding carboxylic acids is 1. The smallest absolute Gasteiger partial charge is 0.237 e. The Hall–Kier alpha value is -1.47. The fourth-order valence-corrected chi connectivity index (χ4v) is 4.69. The minimum Gasteiger partial charge on any atom is -0.338 e. The molecule has 128 valence electrons. The SMILES string of the molecule is CCN(C(=O)CN(C)Cc1ccccc1F)C1CCS(=O)(=O)C1. The summed E-state index contributed by atoms with van der Waals surface area (Å²) in [6.45, 7) is 2.80. The van der Waals surface area contributed by atoms with E-state index in [1.54, 1.807) is 35.0 Å². The summed E-state index contributed by atoms with van der Waals surface area (Å²) in [5, 5.41) is 0. The number of likely N-dealkylation sites (N-methyl/N-ethyl adjacent to an activating group) is 2. The molecular formula is C16H23FN2O3S. The molecule has 1 unspecified atom stereocenters. The number of rotatable bonds is 6. The summed E-state index contributed by atoms with van der Waals surface area (Å²) in [5.41, 5.74) is 0.536. The van der Waals surface area contributed by atoms with Gasteiger partial charge in [-0.25, -0.2) is 12.8 Å². The second-order valence-electron chi connectivity index (χ2n) is 6.00. The lowest BCUT2D eigenvalue weighted by molar-refractivity contribution is -0.133. The molecule has 1 saturated heterocycles. The average Bonchev–Trinajstić information content (AvgIpc) is 2.82. The first-order valence-corrected chi connectivity index (χ1v) is 9.56. The Morgan fingerprint density at radius 1 is 1.35 bits per heavy atom. The summed E-state index contributed by atoms with van der Waals surface area (Å²) in [6, 6.07) is 6.24. The quantitative estimate of drug-likeness (QED) is 0.782. The van der Waals surface area contributed by atoms with E-state index in [1.807, 2.05) is 6.92 Å². The van der Waals surface area contributed by atoms with Gasteiger partial charge >= 0.3 is 0 Å². The van der Waals surface area contributed by atoms with Gasteiger partial charge in [-0.15, -0.1) is 0 Å². The number of hydrogen-bond donors (Lipinski definition) is 0. The van der Waals surface area contributed by atoms with E-state index in [2.05, 4.69) is 0 Å². The van der Waals surface area contributed by atoms with Crippen molar-refractivity contribution in [1.29, 1.82) is 0 Å². The zero-order valence-electron chi connectivity index (χ0n) is 13.5. The average molecular weight is 342 g/mol. The number of hydrogen-bond acceptors (Lipinski definition) is 4. The minimum atomic E-state index is -3.02. The standard InChI is InChI=1S/C16H23FN2O3S/c1-3-19(14-8-9-23(21,22)12-14)16(20)11-18(2)10-13-6-4-5-7-15(13)17/h4-7,14H,3,8-12H2,1-2H3. The van der Waals surface area contributed by atoms with Crippen molar-refractivity contribution in [1.82, 2.24) is 9.80 Å². The van der Waals surface area contributed by atoms with E-state index in [0.29, 0.717) is 25.1 Å². The van der Waals surface area contributed by atoms with Crippen LogP contribution in [0.4, 0.5) is 4.39 Å². The molecule has 1 atom stereocenters. The predicted molar refractivity (Wildman–Crippen MR) is 87.2 cm³/mol. The van der Waals surface area contributed by atoms with Crippen LogP contribution in [-0.2, 0) is 21.2 Å². The van der Waals surface area contributed by atoms with Crippen LogP contribution in [-0.4, -0.2) is 61.8 Å². The summed E-state index contributed by atoms with van der Waals surface area (Å²) in [5.74, 6) is -0.217. The maximum absolute atomic E-state index is 13.7. The molecule has 0 aromatic heterocycles. The zero-order valence-corrected chi connectivity index (χ0v) is 14.4. The molecule has 1 fully saturated rings. The van der Waals surface area contributed by atoms with E-state index >= 15 is 0 Å². The van der Waals surface area contributed by atoms with Crippen molar-refractivity contribution < 1.29 is 17.6 Å². The molecule has 1 aliphatic rings. The van der Waals surface area contributed by atoms with Gasteiger partial charge < -0.3 is 4.90 Å². The molecule has 1 aliphatic heterocycles. The second-order valence-corrected chi connectivity index (χ2v) is 8.23. The maximum Gasteiger partial charge on any atom is 0.237 e. The van der Waals surface area contributed by atoms with Gasteiger partial charge in [-0.1, -0.05) is 18.2 Å². The topological polar surface area (TPSA) is 57.7 Å². The third-order valence-electron chi connectivity index (χ3n) is 4.11. The van der Waals surface area contributed by atoms with Gasteiger partial charge in [-0.3, -0.25) is 9.69 Å². The van der Waals surface area contributed by atoms with Gasteiger partial charge in [0.25, 0.3) is 0 Å². The highest BCUT2D eigenvalue weighted by molar-refractivity contribution is 7.91. The molecule has 0 saturated carbocycles. The van der Waals surface area contributed by atoms with Gasteiger partial charge in [-0.2, -0.15) is 0 Å². The van der Waals surface area contributed by atoms with Crippen LogP contribution in [0.3, 0.4) is 0 Å². The Kier molecular flexibility index (Phi) is 5.75. The molecule has 1 aromatic carbocycles. The zero-order chi connectivity index (χ0) is 17.0. The minimum absolute atomic E-state index is 0.0452. The molecular weight excluding hydrogens is 319 g/mol. The summed E-state index contributed by atoms with van der Waals surface area (Å²) < 4.78 is 36.8. The van der Waals surface area contributed by atoms with Gasteiger partial charge in [0, 0.05) is 24.7 Å². The normalized spacial score (nSPS) is 19.9. The van der Waals surface area contributed by atoms with E-state index in [1.165, 1.54) is 6.07 Å². The second kappa shape index (κ2) is 7.40. The van der Waals surface area contributed by atoms with Crippen molar-refractivity contribution in [2.75, 3.05) is 31.6 Å². The lowest BCUT2D eigenvalue weighted by Gasteiger charge is -2.29. The number of nitrogens with zero attached hydrogens (tertiary/aromatic N) is 2. The molecule has 0 N–H and O–H groups in total. The van der Waals surface area contributed by atoms with Crippen LogP contribution in [0.25, 0.3) is 0 Å². The highest BCUT2D eigenvalue weighted by Crippen LogP contribution is 2.18. The van der Waals surface area contributed by atoms with Gasteiger partial charge in [0.15, 0.2) is 9.84 Å². The fourth-order valence-electron chi connectivity index (χ4n) is 2.95. The highest BCUT2D eigenvalue weighted by atomic mass is 32.2. The van der Waals surface area contributed by atoms with Crippen molar-refractivity contribution in [3.63, 3.8) is 0 Å². The van der Waals surface area contributed by atoms with Crippen molar-refractivity contribution in [2.24, 2.45) is 0 Å².